The highest BCUT2D eigenvalue weighted by atomic mass is 19.1. The molecule has 0 amide bonds. The summed E-state index contributed by atoms with van der Waals surface area (Å²) in [5, 5.41) is 3.35. The third kappa shape index (κ3) is 2.83. The molecule has 2 rings (SSSR count). The molecule has 100 valence electrons. The molecule has 0 spiro atoms. The molecule has 1 aliphatic carbocycles. The van der Waals surface area contributed by atoms with E-state index in [4.69, 9.17) is 4.74 Å². The molecule has 1 unspecified atom stereocenters. The van der Waals surface area contributed by atoms with Crippen LogP contribution in [0.3, 0.4) is 0 Å². The topological polar surface area (TPSA) is 21.3 Å². The monoisotopic (exact) mass is 251 g/mol. The van der Waals surface area contributed by atoms with Gasteiger partial charge in [0.15, 0.2) is 11.6 Å². The quantitative estimate of drug-likeness (QED) is 0.881. The van der Waals surface area contributed by atoms with E-state index in [0.717, 1.165) is 5.56 Å². The van der Waals surface area contributed by atoms with Crippen molar-refractivity contribution in [3.8, 4) is 5.75 Å². The van der Waals surface area contributed by atoms with Crippen LogP contribution in [0.15, 0.2) is 18.2 Å². The summed E-state index contributed by atoms with van der Waals surface area (Å²) in [4.78, 5) is 0. The number of halogens is 1. The number of benzene rings is 1. The Labute approximate surface area is 109 Å². The molecule has 18 heavy (non-hydrogen) atoms. The molecule has 1 fully saturated rings. The van der Waals surface area contributed by atoms with Crippen molar-refractivity contribution >= 4 is 0 Å². The van der Waals surface area contributed by atoms with Gasteiger partial charge < -0.3 is 10.1 Å². The highest BCUT2D eigenvalue weighted by Gasteiger charge is 2.24. The zero-order valence-corrected chi connectivity index (χ0v) is 11.2. The van der Waals surface area contributed by atoms with Crippen LogP contribution in [0.1, 0.15) is 43.7 Å². The first-order valence-corrected chi connectivity index (χ1v) is 6.77. The highest BCUT2D eigenvalue weighted by molar-refractivity contribution is 5.31. The summed E-state index contributed by atoms with van der Waals surface area (Å²) in [6.07, 6.45) is 6.39. The average molecular weight is 251 g/mol. The predicted molar refractivity (Wildman–Crippen MR) is 71.3 cm³/mol. The van der Waals surface area contributed by atoms with Crippen molar-refractivity contribution in [2.75, 3.05) is 14.2 Å². The van der Waals surface area contributed by atoms with Crippen molar-refractivity contribution in [1.29, 1.82) is 0 Å². The van der Waals surface area contributed by atoms with Crippen molar-refractivity contribution in [3.05, 3.63) is 29.6 Å². The van der Waals surface area contributed by atoms with Crippen LogP contribution in [0.4, 0.5) is 4.39 Å². The average Bonchev–Trinajstić information content (AvgIpc) is 2.41. The Kier molecular flexibility index (Phi) is 4.59. The summed E-state index contributed by atoms with van der Waals surface area (Å²) < 4.78 is 18.7. The van der Waals surface area contributed by atoms with Crippen molar-refractivity contribution in [2.45, 2.75) is 38.1 Å². The minimum Gasteiger partial charge on any atom is -0.494 e. The van der Waals surface area contributed by atoms with E-state index in [1.807, 2.05) is 13.1 Å². The molecule has 0 aliphatic heterocycles. The Morgan fingerprint density at radius 2 is 2.00 bits per heavy atom. The summed E-state index contributed by atoms with van der Waals surface area (Å²) in [6.45, 7) is 0. The lowest BCUT2D eigenvalue weighted by atomic mass is 9.81. The van der Waals surface area contributed by atoms with Gasteiger partial charge in [-0.1, -0.05) is 25.3 Å². The van der Waals surface area contributed by atoms with Gasteiger partial charge in [-0.05, 0) is 43.5 Å². The Bertz CT molecular complexity index is 388. The van der Waals surface area contributed by atoms with E-state index >= 15 is 0 Å². The van der Waals surface area contributed by atoms with Crippen molar-refractivity contribution in [3.63, 3.8) is 0 Å². The van der Waals surface area contributed by atoms with Gasteiger partial charge in [-0.25, -0.2) is 4.39 Å². The SMILES string of the molecule is CNC(c1ccc(OC)c(F)c1)C1CCCCC1. The number of ether oxygens (including phenoxy) is 1. The predicted octanol–water partition coefficient (Wildman–Crippen LogP) is 3.68. The standard InChI is InChI=1S/C15H22FNO/c1-17-15(11-6-4-3-5-7-11)12-8-9-14(18-2)13(16)10-12/h8-11,15,17H,3-7H2,1-2H3. The molecule has 1 atom stereocenters. The number of rotatable bonds is 4. The molecule has 1 aromatic carbocycles. The van der Waals surface area contributed by atoms with Crippen LogP contribution < -0.4 is 10.1 Å². The first-order valence-electron chi connectivity index (χ1n) is 6.77. The lowest BCUT2D eigenvalue weighted by molar-refractivity contribution is 0.281. The van der Waals surface area contributed by atoms with Gasteiger partial charge in [0.25, 0.3) is 0 Å². The van der Waals surface area contributed by atoms with E-state index in [-0.39, 0.29) is 11.9 Å². The van der Waals surface area contributed by atoms with E-state index in [1.165, 1.54) is 39.2 Å². The largest absolute Gasteiger partial charge is 0.494 e. The molecule has 0 bridgehead atoms. The van der Waals surface area contributed by atoms with Crippen LogP contribution >= 0.6 is 0 Å². The molecular formula is C15H22FNO. The Morgan fingerprint density at radius 3 is 2.56 bits per heavy atom. The van der Waals surface area contributed by atoms with E-state index in [9.17, 15) is 4.39 Å². The molecule has 0 aromatic heterocycles. The van der Waals surface area contributed by atoms with E-state index in [2.05, 4.69) is 5.32 Å². The van der Waals surface area contributed by atoms with Crippen LogP contribution in [-0.2, 0) is 0 Å². The second-order valence-electron chi connectivity index (χ2n) is 5.06. The summed E-state index contributed by atoms with van der Waals surface area (Å²) in [6, 6.07) is 5.55. The van der Waals surface area contributed by atoms with Gasteiger partial charge in [-0.2, -0.15) is 0 Å². The van der Waals surface area contributed by atoms with Crippen LogP contribution in [-0.4, -0.2) is 14.2 Å². The third-order valence-corrected chi connectivity index (χ3v) is 3.97. The second-order valence-corrected chi connectivity index (χ2v) is 5.06. The zero-order chi connectivity index (χ0) is 13.0. The minimum absolute atomic E-state index is 0.255. The Morgan fingerprint density at radius 1 is 1.28 bits per heavy atom. The smallest absolute Gasteiger partial charge is 0.165 e. The van der Waals surface area contributed by atoms with Crippen molar-refractivity contribution < 1.29 is 9.13 Å². The molecule has 0 saturated heterocycles. The van der Waals surface area contributed by atoms with Crippen molar-refractivity contribution in [1.82, 2.24) is 5.32 Å². The maximum Gasteiger partial charge on any atom is 0.165 e. The molecular weight excluding hydrogens is 229 g/mol. The highest BCUT2D eigenvalue weighted by Crippen LogP contribution is 2.35. The fourth-order valence-electron chi connectivity index (χ4n) is 3.02. The normalized spacial score (nSPS) is 18.6. The number of hydrogen-bond acceptors (Lipinski definition) is 2. The zero-order valence-electron chi connectivity index (χ0n) is 11.2. The van der Waals surface area contributed by atoms with Gasteiger partial charge in [0.2, 0.25) is 0 Å². The summed E-state index contributed by atoms with van der Waals surface area (Å²) >= 11 is 0. The first kappa shape index (κ1) is 13.3. The first-order chi connectivity index (χ1) is 8.76. The molecule has 1 saturated carbocycles. The molecule has 0 radical (unpaired) electrons. The van der Waals surface area contributed by atoms with Crippen LogP contribution in [0.25, 0.3) is 0 Å². The minimum atomic E-state index is -0.272. The second kappa shape index (κ2) is 6.19. The van der Waals surface area contributed by atoms with Gasteiger partial charge >= 0.3 is 0 Å². The molecule has 3 heteroatoms. The van der Waals surface area contributed by atoms with Crippen LogP contribution in [0.5, 0.6) is 5.75 Å². The fourth-order valence-corrected chi connectivity index (χ4v) is 3.02. The molecule has 1 aliphatic rings. The maximum absolute atomic E-state index is 13.8. The summed E-state index contributed by atoms with van der Waals surface area (Å²) in [5.41, 5.74) is 1.03. The fraction of sp³-hybridized carbons (Fsp3) is 0.600. The lowest BCUT2D eigenvalue weighted by Gasteiger charge is -2.30. The van der Waals surface area contributed by atoms with E-state index in [1.54, 1.807) is 12.1 Å². The van der Waals surface area contributed by atoms with Gasteiger partial charge in [0.05, 0.1) is 7.11 Å². The maximum atomic E-state index is 13.8. The van der Waals surface area contributed by atoms with E-state index in [0.29, 0.717) is 11.7 Å². The molecule has 1 aromatic rings. The van der Waals surface area contributed by atoms with Crippen LogP contribution in [0.2, 0.25) is 0 Å². The Balaban J connectivity index is 2.18. The lowest BCUT2D eigenvalue weighted by Crippen LogP contribution is -2.27. The van der Waals surface area contributed by atoms with Gasteiger partial charge in [-0.3, -0.25) is 0 Å². The molecule has 1 N–H and O–H groups in total. The number of hydrogen-bond donors (Lipinski definition) is 1. The summed E-state index contributed by atoms with van der Waals surface area (Å²) in [5.74, 6) is 0.667. The van der Waals surface area contributed by atoms with E-state index < -0.39 is 0 Å². The third-order valence-electron chi connectivity index (χ3n) is 3.97. The summed E-state index contributed by atoms with van der Waals surface area (Å²) in [7, 11) is 3.45. The van der Waals surface area contributed by atoms with Crippen LogP contribution in [0, 0.1) is 11.7 Å². The van der Waals surface area contributed by atoms with Gasteiger partial charge in [0, 0.05) is 6.04 Å². The van der Waals surface area contributed by atoms with Crippen molar-refractivity contribution in [2.24, 2.45) is 5.92 Å². The number of methoxy groups -OCH3 is 1. The Hall–Kier alpha value is -1.09. The van der Waals surface area contributed by atoms with Gasteiger partial charge in [0.1, 0.15) is 0 Å². The van der Waals surface area contributed by atoms with Gasteiger partial charge in [-0.15, -0.1) is 0 Å². The molecule has 2 nitrogen and oxygen atoms in total. The number of nitrogens with one attached hydrogen (secondary N) is 1. The molecule has 0 heterocycles.